The molecule has 0 saturated heterocycles. The molecule has 0 bridgehead atoms. The number of hydrogen-bond acceptors (Lipinski definition) is 12. The van der Waals surface area contributed by atoms with Gasteiger partial charge in [-0.05, 0) is 40.0 Å². The normalized spacial score (nSPS) is 12.3. The van der Waals surface area contributed by atoms with Crippen molar-refractivity contribution in [1.29, 1.82) is 0 Å². The van der Waals surface area contributed by atoms with Crippen LogP contribution in [0.4, 0.5) is 0 Å². The Hall–Kier alpha value is 0.576. The fourth-order valence-electron chi connectivity index (χ4n) is 2.42. The number of carbonyl (C=O) groups excluding carboxylic acids is 3. The standard InChI is InChI=1S/3C6H12O4P.C5H10.Co.Na/c3*1-6(7)4-3-5-10-11(8)9-2;1-2-4-5-3-1;;/h3*3-5H2,1-2H3;1-5H2;;/q3*+1;;;+1. The van der Waals surface area contributed by atoms with Gasteiger partial charge in [0.15, 0.2) is 0 Å². The van der Waals surface area contributed by atoms with Gasteiger partial charge in [0, 0.05) is 49.7 Å². The molecule has 1 aliphatic carbocycles. The maximum Gasteiger partial charge on any atom is 1.00 e. The number of ketones is 3. The fourth-order valence-corrected chi connectivity index (χ4v) is 3.57. The van der Waals surface area contributed by atoms with Crippen LogP contribution < -0.4 is 29.6 Å². The summed E-state index contributed by atoms with van der Waals surface area (Å²) in [4.78, 5) is 31.2. The summed E-state index contributed by atoms with van der Waals surface area (Å²) in [5.41, 5.74) is 0. The van der Waals surface area contributed by atoms with E-state index in [0.29, 0.717) is 58.3 Å². The predicted octanol–water partition coefficient (Wildman–Crippen LogP) is 3.98. The number of hydrogen-bond donors (Lipinski definition) is 0. The van der Waals surface area contributed by atoms with Gasteiger partial charge in [-0.2, -0.15) is 0 Å². The van der Waals surface area contributed by atoms with Crippen LogP contribution in [0.1, 0.15) is 91.4 Å². The van der Waals surface area contributed by atoms with E-state index in [1.54, 1.807) is 0 Å². The minimum absolute atomic E-state index is 0. The first-order valence-electron chi connectivity index (χ1n) is 12.4. The molecule has 0 aliphatic heterocycles. The van der Waals surface area contributed by atoms with E-state index in [9.17, 15) is 28.1 Å². The molecule has 1 saturated carbocycles. The Morgan fingerprint density at radius 3 is 0.875 bits per heavy atom. The zero-order valence-electron chi connectivity index (χ0n) is 25.0. The van der Waals surface area contributed by atoms with E-state index in [4.69, 9.17) is 0 Å². The molecule has 0 aromatic carbocycles. The summed E-state index contributed by atoms with van der Waals surface area (Å²) in [5, 5.41) is 0. The van der Waals surface area contributed by atoms with Crippen LogP contribution in [0.3, 0.4) is 0 Å². The first-order valence-corrected chi connectivity index (χ1v) is 15.7. The first-order chi connectivity index (χ1) is 18.0. The van der Waals surface area contributed by atoms with Crippen LogP contribution >= 0.6 is 24.8 Å². The summed E-state index contributed by atoms with van der Waals surface area (Å²) in [7, 11) is -1.98. The van der Waals surface area contributed by atoms with Crippen LogP contribution in [0.2, 0.25) is 0 Å². The SMILES string of the molecule is C1CCCC1.CO[P+](=O)OCCCC(C)=O.CO[P+](=O)OCCCC(C)=O.CO[P+](=O)OCCCC(C)=O.[Co].[Na+]. The second-order valence-electron chi connectivity index (χ2n) is 7.90. The average molecular weight is 689 g/mol. The summed E-state index contributed by atoms with van der Waals surface area (Å²) >= 11 is 0. The second-order valence-corrected chi connectivity index (χ2v) is 11.1. The van der Waals surface area contributed by atoms with Crippen LogP contribution in [-0.4, -0.2) is 58.5 Å². The summed E-state index contributed by atoms with van der Waals surface area (Å²) < 4.78 is 58.5. The molecule has 0 heterocycles. The third-order valence-electron chi connectivity index (χ3n) is 4.31. The molecule has 12 nitrogen and oxygen atoms in total. The van der Waals surface area contributed by atoms with Gasteiger partial charge in [-0.25, -0.2) is 0 Å². The van der Waals surface area contributed by atoms with Gasteiger partial charge in [0.2, 0.25) is 0 Å². The van der Waals surface area contributed by atoms with E-state index in [1.807, 2.05) is 0 Å². The summed E-state index contributed by atoms with van der Waals surface area (Å²) in [6.45, 7) is 5.46. The molecule has 3 atom stereocenters. The molecule has 0 spiro atoms. The van der Waals surface area contributed by atoms with Gasteiger partial charge >= 0.3 is 54.3 Å². The van der Waals surface area contributed by atoms with E-state index in [1.165, 1.54) is 74.2 Å². The van der Waals surface area contributed by atoms with Crippen molar-refractivity contribution in [2.24, 2.45) is 0 Å². The number of Topliss-reactive ketones (excluding diaryl/α,β-unsaturated/α-hetero) is 3. The number of carbonyl (C=O) groups is 3. The average Bonchev–Trinajstić information content (AvgIpc) is 3.47. The van der Waals surface area contributed by atoms with E-state index < -0.39 is 24.8 Å². The van der Waals surface area contributed by atoms with Gasteiger partial charge < -0.3 is 14.4 Å². The molecule has 1 rings (SSSR count). The maximum absolute atomic E-state index is 10.5. The smallest absolute Gasteiger partial charge is 0.300 e. The van der Waals surface area contributed by atoms with E-state index >= 15 is 0 Å². The quantitative estimate of drug-likeness (QED) is 0.116. The molecular formula is C23H46CoNaO12P3+4. The van der Waals surface area contributed by atoms with Crippen molar-refractivity contribution in [3.63, 3.8) is 0 Å². The predicted molar refractivity (Wildman–Crippen MR) is 145 cm³/mol. The largest absolute Gasteiger partial charge is 1.00 e. The van der Waals surface area contributed by atoms with Crippen LogP contribution in [0.5, 0.6) is 0 Å². The molecule has 40 heavy (non-hydrogen) atoms. The molecule has 231 valence electrons. The molecule has 17 heteroatoms. The van der Waals surface area contributed by atoms with Gasteiger partial charge in [-0.3, -0.25) is 0 Å². The monoisotopic (exact) mass is 689 g/mol. The summed E-state index contributed by atoms with van der Waals surface area (Å²) in [6.07, 6.45) is 10.7. The van der Waals surface area contributed by atoms with Gasteiger partial charge in [-0.15, -0.1) is 27.1 Å². The second kappa shape index (κ2) is 39.6. The van der Waals surface area contributed by atoms with Crippen molar-refractivity contribution in [2.75, 3.05) is 41.2 Å². The van der Waals surface area contributed by atoms with Gasteiger partial charge in [0.1, 0.15) is 37.2 Å². The van der Waals surface area contributed by atoms with Crippen LogP contribution in [0.25, 0.3) is 0 Å². The van der Waals surface area contributed by atoms with Crippen molar-refractivity contribution in [1.82, 2.24) is 0 Å². The Labute approximate surface area is 274 Å². The Bertz CT molecular complexity index is 595. The summed E-state index contributed by atoms with van der Waals surface area (Å²) in [6, 6.07) is 0. The molecule has 3 unspecified atom stereocenters. The molecule has 0 aromatic rings. The molecule has 1 radical (unpaired) electrons. The molecule has 1 fully saturated rings. The van der Waals surface area contributed by atoms with E-state index in [0.717, 1.165) is 0 Å². The van der Waals surface area contributed by atoms with Crippen molar-refractivity contribution in [2.45, 2.75) is 91.4 Å². The minimum Gasteiger partial charge on any atom is -0.300 e. The van der Waals surface area contributed by atoms with Gasteiger partial charge in [0.05, 0.1) is 21.3 Å². The summed E-state index contributed by atoms with van der Waals surface area (Å²) in [5.74, 6) is 0.337. The van der Waals surface area contributed by atoms with Gasteiger partial charge in [0.25, 0.3) is 0 Å². The molecule has 0 amide bonds. The molecule has 1 aliphatic rings. The minimum atomic E-state index is -1.97. The van der Waals surface area contributed by atoms with E-state index in [-0.39, 0.29) is 63.7 Å². The Kier molecular flexibility index (Phi) is 49.7. The van der Waals surface area contributed by atoms with Crippen molar-refractivity contribution in [3.05, 3.63) is 0 Å². The third kappa shape index (κ3) is 51.3. The van der Waals surface area contributed by atoms with Gasteiger partial charge in [-0.1, -0.05) is 32.1 Å². The maximum atomic E-state index is 10.5. The Morgan fingerprint density at radius 1 is 0.525 bits per heavy atom. The molecular weight excluding hydrogens is 643 g/mol. The number of rotatable bonds is 18. The first kappa shape index (κ1) is 50.2. The third-order valence-corrected chi connectivity index (χ3v) is 6.38. The van der Waals surface area contributed by atoms with Crippen molar-refractivity contribution >= 4 is 42.1 Å². The van der Waals surface area contributed by atoms with Crippen molar-refractivity contribution in [3.8, 4) is 0 Å². The van der Waals surface area contributed by atoms with Crippen molar-refractivity contribution < 1.29 is 102 Å². The fraction of sp³-hybridized carbons (Fsp3) is 0.870. The van der Waals surface area contributed by atoms with E-state index in [2.05, 4.69) is 27.1 Å². The van der Waals surface area contributed by atoms with Crippen LogP contribution in [-0.2, 0) is 72.0 Å². The molecule has 0 N–H and O–H groups in total. The molecule has 0 aromatic heterocycles. The zero-order valence-corrected chi connectivity index (χ0v) is 30.7. The Balaban J connectivity index is -0.000000137. The zero-order chi connectivity index (χ0) is 29.6. The topological polar surface area (TPSA) is 158 Å². The van der Waals surface area contributed by atoms with Crippen LogP contribution in [0.15, 0.2) is 0 Å². The Morgan fingerprint density at radius 2 is 0.725 bits per heavy atom. The van der Waals surface area contributed by atoms with Crippen LogP contribution in [0, 0.1) is 0 Å².